The van der Waals surface area contributed by atoms with Crippen LogP contribution >= 0.6 is 11.8 Å². The van der Waals surface area contributed by atoms with Gasteiger partial charge in [0.25, 0.3) is 0 Å². The number of hydrogen-bond acceptors (Lipinski definition) is 9. The van der Waals surface area contributed by atoms with Crippen LogP contribution in [-0.4, -0.2) is 78.6 Å². The number of nitrogen functional groups attached to an aromatic ring is 1. The molecule has 3 aliphatic rings. The van der Waals surface area contributed by atoms with E-state index in [9.17, 15) is 0 Å². The first kappa shape index (κ1) is 20.1. The number of morpholine rings is 1. The fourth-order valence-corrected chi connectivity index (χ4v) is 5.09. The molecule has 0 saturated carbocycles. The number of aliphatic imine (C=N–C) groups is 1. The summed E-state index contributed by atoms with van der Waals surface area (Å²) in [6, 6.07) is 7.91. The predicted molar refractivity (Wildman–Crippen MR) is 125 cm³/mol. The summed E-state index contributed by atoms with van der Waals surface area (Å²) in [4.78, 5) is 21.0. The Hall–Kier alpha value is -2.80. The van der Waals surface area contributed by atoms with Crippen LogP contribution in [0.25, 0.3) is 0 Å². The molecule has 0 amide bonds. The monoisotopic (exact) mass is 435 g/mol. The van der Waals surface area contributed by atoms with Crippen molar-refractivity contribution in [3.8, 4) is 12.3 Å². The Morgan fingerprint density at radius 3 is 3.00 bits per heavy atom. The third-order valence-electron chi connectivity index (χ3n) is 5.84. The molecule has 2 N–H and O–H groups in total. The van der Waals surface area contributed by atoms with Gasteiger partial charge in [-0.05, 0) is 17.7 Å². The first-order chi connectivity index (χ1) is 15.1. The van der Waals surface area contributed by atoms with E-state index in [1.165, 1.54) is 0 Å². The van der Waals surface area contributed by atoms with Crippen molar-refractivity contribution < 1.29 is 4.74 Å². The summed E-state index contributed by atoms with van der Waals surface area (Å²) in [7, 11) is 2.02. The zero-order chi connectivity index (χ0) is 21.4. The van der Waals surface area contributed by atoms with E-state index in [0.29, 0.717) is 6.61 Å². The number of likely N-dealkylation sites (N-methyl/N-ethyl adjacent to an activating group) is 1. The number of ether oxygens (including phenoxy) is 1. The molecule has 1 fully saturated rings. The number of nitrogens with two attached hydrogens (primary N) is 1. The number of nitrogens with zero attached hydrogens (tertiary/aromatic N) is 6. The zero-order valence-electron chi connectivity index (χ0n) is 17.4. The van der Waals surface area contributed by atoms with Crippen LogP contribution in [0.15, 0.2) is 40.5 Å². The van der Waals surface area contributed by atoms with Crippen molar-refractivity contribution in [2.24, 2.45) is 4.99 Å². The molecule has 8 nitrogen and oxygen atoms in total. The fourth-order valence-electron chi connectivity index (χ4n) is 3.97. The Balaban J connectivity index is 1.24. The van der Waals surface area contributed by atoms with Gasteiger partial charge in [-0.3, -0.25) is 9.89 Å². The maximum absolute atomic E-state index is 5.80. The quantitative estimate of drug-likeness (QED) is 0.430. The lowest BCUT2D eigenvalue weighted by Crippen LogP contribution is -2.47. The van der Waals surface area contributed by atoms with Gasteiger partial charge in [-0.25, -0.2) is 9.97 Å². The third-order valence-corrected chi connectivity index (χ3v) is 6.94. The summed E-state index contributed by atoms with van der Waals surface area (Å²) in [5.74, 6) is 3.54. The van der Waals surface area contributed by atoms with Crippen LogP contribution in [0.5, 0.6) is 0 Å². The topological polar surface area (TPSA) is 83.1 Å². The van der Waals surface area contributed by atoms with E-state index < -0.39 is 0 Å². The Bertz CT molecular complexity index is 1040. The molecule has 1 saturated heterocycles. The minimum atomic E-state index is 0.0159. The fraction of sp³-hybridized carbons (Fsp3) is 0.409. The van der Waals surface area contributed by atoms with Crippen LogP contribution in [-0.2, 0) is 4.74 Å². The summed E-state index contributed by atoms with van der Waals surface area (Å²) in [5, 5.41) is 0.981. The van der Waals surface area contributed by atoms with Crippen LogP contribution in [0.2, 0.25) is 0 Å². The first-order valence-electron chi connectivity index (χ1n) is 10.3. The molecule has 2 atom stereocenters. The van der Waals surface area contributed by atoms with Crippen LogP contribution in [0.4, 0.5) is 17.3 Å². The smallest absolute Gasteiger partial charge is 0.226 e. The van der Waals surface area contributed by atoms with Crippen LogP contribution in [0.1, 0.15) is 5.56 Å². The third kappa shape index (κ3) is 3.94. The lowest BCUT2D eigenvalue weighted by atomic mass is 10.1. The molecule has 4 heterocycles. The average molecular weight is 436 g/mol. The highest BCUT2D eigenvalue weighted by molar-refractivity contribution is 8.00. The van der Waals surface area contributed by atoms with Crippen molar-refractivity contribution in [3.05, 3.63) is 36.0 Å². The highest BCUT2D eigenvalue weighted by Crippen LogP contribution is 2.45. The van der Waals surface area contributed by atoms with Gasteiger partial charge in [0.05, 0.1) is 43.4 Å². The van der Waals surface area contributed by atoms with E-state index >= 15 is 0 Å². The zero-order valence-corrected chi connectivity index (χ0v) is 18.3. The molecule has 3 aliphatic heterocycles. The number of anilines is 3. The van der Waals surface area contributed by atoms with E-state index in [1.54, 1.807) is 11.8 Å². The van der Waals surface area contributed by atoms with Crippen LogP contribution in [0.3, 0.4) is 0 Å². The number of fused-ring (bicyclic) bond motifs is 3. The molecule has 9 heteroatoms. The number of rotatable bonds is 5. The molecular formula is C22H25N7OS. The first-order valence-corrected chi connectivity index (χ1v) is 11.2. The second kappa shape index (κ2) is 8.38. The van der Waals surface area contributed by atoms with Gasteiger partial charge in [0, 0.05) is 32.4 Å². The Morgan fingerprint density at radius 2 is 2.19 bits per heavy atom. The Kier molecular flexibility index (Phi) is 5.44. The van der Waals surface area contributed by atoms with Gasteiger partial charge in [-0.2, -0.15) is 0 Å². The molecule has 0 bridgehead atoms. The van der Waals surface area contributed by atoms with Gasteiger partial charge < -0.3 is 20.3 Å². The van der Waals surface area contributed by atoms with Crippen molar-refractivity contribution in [2.75, 3.05) is 62.0 Å². The van der Waals surface area contributed by atoms with Crippen molar-refractivity contribution >= 4 is 34.8 Å². The van der Waals surface area contributed by atoms with Crippen LogP contribution in [0, 0.1) is 12.3 Å². The van der Waals surface area contributed by atoms with Crippen LogP contribution < -0.4 is 15.5 Å². The Labute approximate surface area is 186 Å². The lowest BCUT2D eigenvalue weighted by Gasteiger charge is -2.33. The molecule has 0 aliphatic carbocycles. The molecule has 1 aromatic heterocycles. The standard InChI is InChI=1S/C22H25N7OS/c1-3-17-14-30-11-10-28(17)9-8-27(2)21-24-12-19-20(26-21)31-22-25-18(13-29(19)22)15-4-6-16(23)7-5-15/h1,4-7,12,17,22H,8-11,13-14,23H2,2H3. The molecule has 1 aromatic carbocycles. The van der Waals surface area contributed by atoms with Gasteiger partial charge in [0.1, 0.15) is 5.03 Å². The summed E-state index contributed by atoms with van der Waals surface area (Å²) in [6.07, 6.45) is 7.56. The van der Waals surface area contributed by atoms with Crippen molar-refractivity contribution in [3.63, 3.8) is 0 Å². The minimum Gasteiger partial charge on any atom is -0.399 e. The summed E-state index contributed by atoms with van der Waals surface area (Å²) < 4.78 is 5.48. The van der Waals surface area contributed by atoms with Gasteiger partial charge in [0.15, 0.2) is 5.50 Å². The van der Waals surface area contributed by atoms with Crippen molar-refractivity contribution in [2.45, 2.75) is 16.6 Å². The molecule has 5 rings (SSSR count). The molecule has 0 radical (unpaired) electrons. The van der Waals surface area contributed by atoms with Gasteiger partial charge in [-0.1, -0.05) is 29.8 Å². The van der Waals surface area contributed by atoms with Gasteiger partial charge >= 0.3 is 0 Å². The van der Waals surface area contributed by atoms with E-state index in [1.807, 2.05) is 37.5 Å². The molecular weight excluding hydrogens is 410 g/mol. The number of hydrogen-bond donors (Lipinski definition) is 1. The number of aromatic nitrogens is 2. The SMILES string of the molecule is C#CC1COCCN1CCN(C)c1ncc2c(n1)SC1N=C(c3ccc(N)cc3)CN21. The summed E-state index contributed by atoms with van der Waals surface area (Å²) in [5.41, 5.74) is 9.80. The average Bonchev–Trinajstić information content (AvgIpc) is 3.35. The summed E-state index contributed by atoms with van der Waals surface area (Å²) >= 11 is 1.67. The predicted octanol–water partition coefficient (Wildman–Crippen LogP) is 1.53. The van der Waals surface area contributed by atoms with Gasteiger partial charge in [0.2, 0.25) is 5.95 Å². The molecule has 31 heavy (non-hydrogen) atoms. The maximum atomic E-state index is 5.80. The van der Waals surface area contributed by atoms with E-state index in [0.717, 1.165) is 66.4 Å². The van der Waals surface area contributed by atoms with E-state index in [2.05, 4.69) is 25.6 Å². The second-order valence-corrected chi connectivity index (χ2v) is 8.89. The lowest BCUT2D eigenvalue weighted by molar-refractivity contribution is 0.0151. The highest BCUT2D eigenvalue weighted by Gasteiger charge is 2.37. The maximum Gasteiger partial charge on any atom is 0.226 e. The van der Waals surface area contributed by atoms with E-state index in [4.69, 9.17) is 26.9 Å². The Morgan fingerprint density at radius 1 is 1.35 bits per heavy atom. The van der Waals surface area contributed by atoms with Gasteiger partial charge in [-0.15, -0.1) is 6.42 Å². The number of thioether (sulfide) groups is 1. The number of terminal acetylenes is 1. The van der Waals surface area contributed by atoms with Crippen molar-refractivity contribution in [1.82, 2.24) is 14.9 Å². The molecule has 2 unspecified atom stereocenters. The second-order valence-electron chi connectivity index (χ2n) is 7.85. The highest BCUT2D eigenvalue weighted by atomic mass is 32.2. The molecule has 0 spiro atoms. The summed E-state index contributed by atoms with van der Waals surface area (Å²) in [6.45, 7) is 4.58. The molecule has 160 valence electrons. The van der Waals surface area contributed by atoms with E-state index in [-0.39, 0.29) is 11.5 Å². The largest absolute Gasteiger partial charge is 0.399 e. The number of benzene rings is 1. The van der Waals surface area contributed by atoms with Crippen molar-refractivity contribution in [1.29, 1.82) is 0 Å². The molecule has 2 aromatic rings. The normalized spacial score (nSPS) is 22.6. The minimum absolute atomic E-state index is 0.0159.